The summed E-state index contributed by atoms with van der Waals surface area (Å²) >= 11 is 0. The van der Waals surface area contributed by atoms with E-state index in [-0.39, 0.29) is 18.5 Å². The molecule has 0 saturated heterocycles. The third-order valence-corrected chi connectivity index (χ3v) is 11.3. The topological polar surface area (TPSA) is 60.7 Å². The van der Waals surface area contributed by atoms with Crippen LogP contribution in [-0.4, -0.2) is 25.0 Å². The van der Waals surface area contributed by atoms with E-state index in [1.807, 2.05) is 0 Å². The Hall–Kier alpha value is -1.60. The Morgan fingerprint density at radius 2 is 1.00 bits per heavy atom. The van der Waals surface area contributed by atoms with Crippen molar-refractivity contribution >= 4 is 31.1 Å². The molecule has 0 aliphatic heterocycles. The van der Waals surface area contributed by atoms with Gasteiger partial charge in [-0.05, 0) is 15.6 Å². The van der Waals surface area contributed by atoms with Gasteiger partial charge in [-0.25, -0.2) is 0 Å². The number of hydrogen-bond donors (Lipinski definition) is 3. The fraction of sp³-hybridized carbons (Fsp3) is 0.333. The molecular weight excluding hydrogens is 434 g/mol. The van der Waals surface area contributed by atoms with Crippen molar-refractivity contribution < 1.29 is 14.7 Å². The van der Waals surface area contributed by atoms with E-state index in [4.69, 9.17) is 0 Å². The van der Waals surface area contributed by atoms with Gasteiger partial charge in [0.2, 0.25) is 0 Å². The normalized spacial score (nSPS) is 13.7. The van der Waals surface area contributed by atoms with Crippen LogP contribution >= 0.6 is 15.2 Å². The average molecular weight is 473 g/mol. The molecule has 174 valence electrons. The zero-order valence-electron chi connectivity index (χ0n) is 20.3. The summed E-state index contributed by atoms with van der Waals surface area (Å²) in [7, 11) is -5.12. The van der Waals surface area contributed by atoms with E-state index in [2.05, 4.69) is 71.9 Å². The van der Waals surface area contributed by atoms with Gasteiger partial charge in [0.1, 0.15) is 0 Å². The number of benzene rings is 3. The Bertz CT molecular complexity index is 982. The first-order valence-corrected chi connectivity index (χ1v) is 14.3. The van der Waals surface area contributed by atoms with Crippen molar-refractivity contribution in [1.29, 1.82) is 0 Å². The van der Waals surface area contributed by atoms with Crippen molar-refractivity contribution in [2.75, 3.05) is 0 Å². The van der Waals surface area contributed by atoms with E-state index in [1.165, 1.54) is 17.4 Å². The van der Waals surface area contributed by atoms with E-state index < -0.39 is 7.28 Å². The summed E-state index contributed by atoms with van der Waals surface area (Å²) in [6.07, 6.45) is 0. The maximum absolute atomic E-state index is 10.3. The first-order chi connectivity index (χ1) is 14.6. The van der Waals surface area contributed by atoms with Gasteiger partial charge in [0.25, 0.3) is 0 Å². The molecule has 0 unspecified atom stereocenters. The summed E-state index contributed by atoms with van der Waals surface area (Å²) in [5, 5.41) is 2.59. The number of rotatable bonds is 3. The molecule has 3 N–H and O–H groups in total. The Labute approximate surface area is 195 Å². The van der Waals surface area contributed by atoms with Gasteiger partial charge < -0.3 is 0 Å². The van der Waals surface area contributed by atoms with Crippen molar-refractivity contribution in [1.82, 2.24) is 0 Å². The van der Waals surface area contributed by atoms with Gasteiger partial charge in [-0.1, -0.05) is 79.8 Å². The van der Waals surface area contributed by atoms with E-state index in [0.29, 0.717) is 15.9 Å². The van der Waals surface area contributed by atoms with Gasteiger partial charge in [0.15, 0.2) is 0 Å². The fourth-order valence-corrected chi connectivity index (χ4v) is 10.3. The van der Waals surface area contributed by atoms with Gasteiger partial charge in [0.05, 0.1) is 0 Å². The SMILES string of the molecule is CC(C)(C)P(c1ccccc1)C(C)(C)C.Cc1ccccc1P(O)(O)(O)c1ccccc1. The van der Waals surface area contributed by atoms with E-state index in [9.17, 15) is 14.7 Å². The zero-order chi connectivity index (χ0) is 24.2. The van der Waals surface area contributed by atoms with Crippen molar-refractivity contribution in [3.05, 3.63) is 90.5 Å². The van der Waals surface area contributed by atoms with Crippen LogP contribution in [0.4, 0.5) is 0 Å². The third-order valence-electron chi connectivity index (χ3n) is 5.15. The zero-order valence-corrected chi connectivity index (χ0v) is 22.1. The maximum atomic E-state index is 10.3. The van der Waals surface area contributed by atoms with E-state index >= 15 is 0 Å². The van der Waals surface area contributed by atoms with E-state index in [1.54, 1.807) is 49.4 Å². The summed E-state index contributed by atoms with van der Waals surface area (Å²) < 4.78 is 0. The summed E-state index contributed by atoms with van der Waals surface area (Å²) in [6.45, 7) is 15.9. The van der Waals surface area contributed by atoms with Crippen molar-refractivity contribution in [2.24, 2.45) is 0 Å². The molecular formula is C27H38O3P2. The minimum absolute atomic E-state index is 0.138. The molecule has 0 aliphatic rings. The summed E-state index contributed by atoms with van der Waals surface area (Å²) in [5.41, 5.74) is 0.654. The third kappa shape index (κ3) is 6.47. The van der Waals surface area contributed by atoms with E-state index in [0.717, 1.165) is 0 Å². The standard InChI is InChI=1S/C14H23P.C13H15O3P/c1-13(2,3)15(14(4,5)6)12-10-8-7-9-11-12;1-11-7-5-6-10-13(11)17(14,15,16)12-8-3-2-4-9-12/h7-11H,1-6H3;2-10,14-16H,1H3. The molecule has 0 saturated carbocycles. The van der Waals surface area contributed by atoms with Gasteiger partial charge in [0, 0.05) is 0 Å². The molecule has 0 bridgehead atoms. The second-order valence-corrected chi connectivity index (χ2v) is 16.9. The number of aryl methyl sites for hydroxylation is 1. The molecule has 3 nitrogen and oxygen atoms in total. The van der Waals surface area contributed by atoms with Crippen LogP contribution < -0.4 is 15.9 Å². The van der Waals surface area contributed by atoms with Crippen molar-refractivity contribution in [3.63, 3.8) is 0 Å². The molecule has 3 aromatic rings. The molecule has 0 aromatic heterocycles. The molecule has 0 spiro atoms. The molecule has 0 fully saturated rings. The van der Waals surface area contributed by atoms with Crippen LogP contribution in [0.25, 0.3) is 0 Å². The van der Waals surface area contributed by atoms with Crippen LogP contribution in [0.5, 0.6) is 0 Å². The Morgan fingerprint density at radius 1 is 0.594 bits per heavy atom. The van der Waals surface area contributed by atoms with Crippen molar-refractivity contribution in [3.8, 4) is 0 Å². The first-order valence-electron chi connectivity index (χ1n) is 10.9. The molecule has 0 atom stereocenters. The minimum atomic E-state index is -4.98. The van der Waals surface area contributed by atoms with Crippen LogP contribution in [0, 0.1) is 6.92 Å². The molecule has 32 heavy (non-hydrogen) atoms. The number of hydrogen-bond acceptors (Lipinski definition) is 3. The van der Waals surface area contributed by atoms with Gasteiger partial charge in [-0.15, -0.1) is 0 Å². The Balaban J connectivity index is 0.000000229. The Kier molecular flexibility index (Phi) is 8.09. The molecule has 0 aliphatic carbocycles. The van der Waals surface area contributed by atoms with Crippen LogP contribution in [0.1, 0.15) is 47.1 Å². The molecule has 0 heterocycles. The van der Waals surface area contributed by atoms with Crippen LogP contribution in [0.2, 0.25) is 0 Å². The monoisotopic (exact) mass is 472 g/mol. The summed E-state index contributed by atoms with van der Waals surface area (Å²) in [5.74, 6) is 0. The second-order valence-electron chi connectivity index (χ2n) is 10.1. The summed E-state index contributed by atoms with van der Waals surface area (Å²) in [6, 6.07) is 25.8. The van der Waals surface area contributed by atoms with Gasteiger partial charge in [-0.2, -0.15) is 0 Å². The molecule has 0 amide bonds. The van der Waals surface area contributed by atoms with Crippen LogP contribution in [0.15, 0.2) is 84.9 Å². The van der Waals surface area contributed by atoms with Gasteiger partial charge in [-0.3, -0.25) is 0 Å². The predicted octanol–water partition coefficient (Wildman–Crippen LogP) is 5.61. The molecule has 3 aromatic carbocycles. The van der Waals surface area contributed by atoms with Crippen LogP contribution in [-0.2, 0) is 0 Å². The predicted molar refractivity (Wildman–Crippen MR) is 143 cm³/mol. The average Bonchev–Trinajstić information content (AvgIpc) is 2.68. The summed E-state index contributed by atoms with van der Waals surface area (Å²) in [4.78, 5) is 31.0. The molecule has 0 radical (unpaired) electrons. The first kappa shape index (κ1) is 26.7. The molecule has 3 rings (SSSR count). The second kappa shape index (κ2) is 9.72. The Morgan fingerprint density at radius 3 is 1.44 bits per heavy atom. The van der Waals surface area contributed by atoms with Crippen LogP contribution in [0.3, 0.4) is 0 Å². The fourth-order valence-electron chi connectivity index (χ4n) is 4.22. The van der Waals surface area contributed by atoms with Crippen molar-refractivity contribution in [2.45, 2.75) is 58.8 Å². The van der Waals surface area contributed by atoms with Gasteiger partial charge >= 0.3 is 99.7 Å². The molecule has 5 heteroatoms. The quantitative estimate of drug-likeness (QED) is 0.434.